The third-order valence-electron chi connectivity index (χ3n) is 4.07. The molecule has 3 aromatic rings. The monoisotopic (exact) mass is 393 g/mol. The Morgan fingerprint density at radius 3 is 2.63 bits per heavy atom. The highest BCUT2D eigenvalue weighted by Crippen LogP contribution is 2.32. The summed E-state index contributed by atoms with van der Waals surface area (Å²) in [5, 5.41) is 4.66. The summed E-state index contributed by atoms with van der Waals surface area (Å²) in [5.41, 5.74) is 1.25. The van der Waals surface area contributed by atoms with Crippen molar-refractivity contribution in [3.05, 3.63) is 41.2 Å². The zero-order valence-electron chi connectivity index (χ0n) is 15.7. The van der Waals surface area contributed by atoms with Crippen molar-refractivity contribution in [2.45, 2.75) is 20.4 Å². The molecule has 3 rings (SSSR count). The number of aromatic nitrogens is 3. The molecule has 6 nitrogen and oxygen atoms in total. The Morgan fingerprint density at radius 1 is 1.22 bits per heavy atom. The summed E-state index contributed by atoms with van der Waals surface area (Å²) >= 11 is 1.09. The maximum absolute atomic E-state index is 14.1. The van der Waals surface area contributed by atoms with Crippen LogP contribution in [0.2, 0.25) is 0 Å². The van der Waals surface area contributed by atoms with E-state index in [0.717, 1.165) is 23.1 Å². The molecule has 1 aromatic carbocycles. The van der Waals surface area contributed by atoms with Crippen molar-refractivity contribution < 1.29 is 13.6 Å². The van der Waals surface area contributed by atoms with Crippen molar-refractivity contribution in [2.24, 2.45) is 0 Å². The van der Waals surface area contributed by atoms with E-state index >= 15 is 0 Å². The first-order valence-corrected chi connectivity index (χ1v) is 9.38. The molecule has 0 aliphatic heterocycles. The van der Waals surface area contributed by atoms with E-state index in [-0.39, 0.29) is 11.4 Å². The molecule has 2 heterocycles. The highest BCUT2D eigenvalue weighted by atomic mass is 32.1. The molecule has 0 unspecified atom stereocenters. The standard InChI is InChI=1S/C18H21F2N5OS/c1-5-25-14(8-11(2)22-25)17(26)24(7-6-23(3)4)18-21-16-13(20)9-12(19)10-15(16)27-18/h8-10H,5-7H2,1-4H3. The largest absolute Gasteiger partial charge is 0.308 e. The highest BCUT2D eigenvalue weighted by Gasteiger charge is 2.25. The number of likely N-dealkylation sites (N-methyl/N-ethyl adjacent to an activating group) is 1. The first kappa shape index (κ1) is 19.4. The second-order valence-corrected chi connectivity index (χ2v) is 7.49. The number of amides is 1. The smallest absolute Gasteiger partial charge is 0.278 e. The van der Waals surface area contributed by atoms with Gasteiger partial charge in [0.25, 0.3) is 5.91 Å². The van der Waals surface area contributed by atoms with E-state index in [4.69, 9.17) is 0 Å². The van der Waals surface area contributed by atoms with E-state index in [0.29, 0.717) is 35.2 Å². The van der Waals surface area contributed by atoms with Crippen LogP contribution in [-0.2, 0) is 6.54 Å². The summed E-state index contributed by atoms with van der Waals surface area (Å²) < 4.78 is 29.6. The molecule has 1 amide bonds. The zero-order valence-corrected chi connectivity index (χ0v) is 16.5. The average Bonchev–Trinajstić information content (AvgIpc) is 3.18. The predicted octanol–water partition coefficient (Wildman–Crippen LogP) is 3.31. The van der Waals surface area contributed by atoms with Crippen molar-refractivity contribution >= 4 is 32.6 Å². The van der Waals surface area contributed by atoms with Crippen molar-refractivity contribution in [3.8, 4) is 0 Å². The summed E-state index contributed by atoms with van der Waals surface area (Å²) in [6.45, 7) is 5.24. The second kappa shape index (κ2) is 7.69. The first-order valence-electron chi connectivity index (χ1n) is 8.56. The number of rotatable bonds is 6. The maximum atomic E-state index is 14.1. The summed E-state index contributed by atoms with van der Waals surface area (Å²) in [5.74, 6) is -1.66. The molecular weight excluding hydrogens is 372 g/mol. The third-order valence-corrected chi connectivity index (χ3v) is 5.09. The minimum atomic E-state index is -0.734. The summed E-state index contributed by atoms with van der Waals surface area (Å²) in [6.07, 6.45) is 0. The Balaban J connectivity index is 2.05. The third kappa shape index (κ3) is 3.98. The van der Waals surface area contributed by atoms with E-state index in [1.165, 1.54) is 11.0 Å². The van der Waals surface area contributed by atoms with Crippen LogP contribution in [0.3, 0.4) is 0 Å². The molecule has 2 aromatic heterocycles. The summed E-state index contributed by atoms with van der Waals surface area (Å²) in [4.78, 5) is 20.9. The molecule has 0 aliphatic carbocycles. The molecule has 0 spiro atoms. The lowest BCUT2D eigenvalue weighted by molar-refractivity contribution is 0.0975. The first-order chi connectivity index (χ1) is 12.8. The normalized spacial score (nSPS) is 11.5. The van der Waals surface area contributed by atoms with E-state index in [1.54, 1.807) is 10.7 Å². The van der Waals surface area contributed by atoms with Gasteiger partial charge in [0.05, 0.1) is 10.4 Å². The summed E-state index contributed by atoms with van der Waals surface area (Å²) in [6, 6.07) is 3.75. The molecule has 0 N–H and O–H groups in total. The van der Waals surface area contributed by atoms with Crippen LogP contribution in [0.15, 0.2) is 18.2 Å². The number of benzene rings is 1. The Kier molecular flexibility index (Phi) is 5.52. The fraction of sp³-hybridized carbons (Fsp3) is 0.389. The Hall–Kier alpha value is -2.39. The number of anilines is 1. The van der Waals surface area contributed by atoms with Crippen LogP contribution in [-0.4, -0.2) is 52.8 Å². The zero-order chi connectivity index (χ0) is 19.7. The summed E-state index contributed by atoms with van der Waals surface area (Å²) in [7, 11) is 3.80. The van der Waals surface area contributed by atoms with Gasteiger partial charge in [0.2, 0.25) is 0 Å². The van der Waals surface area contributed by atoms with Crippen LogP contribution >= 0.6 is 11.3 Å². The van der Waals surface area contributed by atoms with Gasteiger partial charge in [0.15, 0.2) is 10.9 Å². The molecule has 0 saturated carbocycles. The molecule has 0 aliphatic rings. The molecule has 144 valence electrons. The van der Waals surface area contributed by atoms with Crippen LogP contribution in [0, 0.1) is 18.6 Å². The lowest BCUT2D eigenvalue weighted by atomic mass is 10.3. The highest BCUT2D eigenvalue weighted by molar-refractivity contribution is 7.22. The Labute approximate surface area is 160 Å². The number of hydrogen-bond acceptors (Lipinski definition) is 5. The molecule has 0 atom stereocenters. The van der Waals surface area contributed by atoms with Gasteiger partial charge < -0.3 is 4.90 Å². The van der Waals surface area contributed by atoms with E-state index < -0.39 is 11.6 Å². The number of nitrogens with zero attached hydrogens (tertiary/aromatic N) is 5. The fourth-order valence-corrected chi connectivity index (χ4v) is 3.77. The van der Waals surface area contributed by atoms with E-state index in [1.807, 2.05) is 32.8 Å². The number of carbonyl (C=O) groups excluding carboxylic acids is 1. The van der Waals surface area contributed by atoms with E-state index in [9.17, 15) is 13.6 Å². The van der Waals surface area contributed by atoms with Gasteiger partial charge >= 0.3 is 0 Å². The molecular formula is C18H21F2N5OS. The van der Waals surface area contributed by atoms with Gasteiger partial charge in [-0.1, -0.05) is 11.3 Å². The van der Waals surface area contributed by atoms with Gasteiger partial charge in [-0.05, 0) is 40.1 Å². The van der Waals surface area contributed by atoms with E-state index in [2.05, 4.69) is 10.1 Å². The number of thiazole rings is 1. The predicted molar refractivity (Wildman–Crippen MR) is 102 cm³/mol. The lowest BCUT2D eigenvalue weighted by Crippen LogP contribution is -2.37. The van der Waals surface area contributed by atoms with Crippen molar-refractivity contribution in [3.63, 3.8) is 0 Å². The van der Waals surface area contributed by atoms with Gasteiger partial charge in [-0.15, -0.1) is 0 Å². The minimum Gasteiger partial charge on any atom is -0.308 e. The SMILES string of the molecule is CCn1nc(C)cc1C(=O)N(CCN(C)C)c1nc2c(F)cc(F)cc2s1. The maximum Gasteiger partial charge on any atom is 0.278 e. The van der Waals surface area contributed by atoms with Crippen molar-refractivity contribution in [1.29, 1.82) is 0 Å². The van der Waals surface area contributed by atoms with Crippen LogP contribution in [0.4, 0.5) is 13.9 Å². The second-order valence-electron chi connectivity index (χ2n) is 6.48. The molecule has 0 radical (unpaired) electrons. The van der Waals surface area contributed by atoms with Crippen molar-refractivity contribution in [2.75, 3.05) is 32.1 Å². The number of carbonyl (C=O) groups is 1. The van der Waals surface area contributed by atoms with Gasteiger partial charge in [0, 0.05) is 25.7 Å². The molecule has 0 fully saturated rings. The molecule has 27 heavy (non-hydrogen) atoms. The number of halogens is 2. The number of hydrogen-bond donors (Lipinski definition) is 0. The molecule has 0 saturated heterocycles. The van der Waals surface area contributed by atoms with Gasteiger partial charge in [-0.2, -0.15) is 5.10 Å². The van der Waals surface area contributed by atoms with Crippen LogP contribution in [0.1, 0.15) is 23.1 Å². The van der Waals surface area contributed by atoms with Crippen LogP contribution < -0.4 is 4.90 Å². The molecule has 0 bridgehead atoms. The minimum absolute atomic E-state index is 0.0687. The van der Waals surface area contributed by atoms with Gasteiger partial charge in [-0.3, -0.25) is 14.4 Å². The number of aryl methyl sites for hydroxylation is 2. The van der Waals surface area contributed by atoms with Gasteiger partial charge in [0.1, 0.15) is 17.0 Å². The quantitative estimate of drug-likeness (QED) is 0.645. The molecule has 9 heteroatoms. The van der Waals surface area contributed by atoms with Crippen molar-refractivity contribution in [1.82, 2.24) is 19.7 Å². The Morgan fingerprint density at radius 2 is 1.96 bits per heavy atom. The number of fused-ring (bicyclic) bond motifs is 1. The average molecular weight is 393 g/mol. The topological polar surface area (TPSA) is 54.3 Å². The Bertz CT molecular complexity index is 982. The lowest BCUT2D eigenvalue weighted by Gasteiger charge is -2.22. The van der Waals surface area contributed by atoms with Crippen LogP contribution in [0.5, 0.6) is 0 Å². The fourth-order valence-electron chi connectivity index (χ4n) is 2.74. The van der Waals surface area contributed by atoms with Gasteiger partial charge in [-0.25, -0.2) is 13.8 Å². The van der Waals surface area contributed by atoms with Crippen LogP contribution in [0.25, 0.3) is 10.2 Å².